The van der Waals surface area contributed by atoms with Crippen molar-refractivity contribution in [1.29, 1.82) is 0 Å². The highest BCUT2D eigenvalue weighted by atomic mass is 35.5. The van der Waals surface area contributed by atoms with Gasteiger partial charge in [0.25, 0.3) is 5.91 Å². The minimum Gasteiger partial charge on any atom is -0.490 e. The highest BCUT2D eigenvalue weighted by Gasteiger charge is 2.24. The third kappa shape index (κ3) is 8.23. The summed E-state index contributed by atoms with van der Waals surface area (Å²) >= 11 is 12.0. The Morgan fingerprint density at radius 1 is 0.812 bits per heavy atom. The normalized spacial score (nSPS) is 15.8. The van der Waals surface area contributed by atoms with E-state index >= 15 is 0 Å². The zero-order chi connectivity index (χ0) is 33.6. The van der Waals surface area contributed by atoms with Crippen molar-refractivity contribution < 1.29 is 29.0 Å². The van der Waals surface area contributed by atoms with Crippen LogP contribution in [0.25, 0.3) is 10.8 Å². The molecule has 0 bridgehead atoms. The first-order valence-electron chi connectivity index (χ1n) is 15.4. The molecule has 6 rings (SSSR count). The number of nitrogens with one attached hydrogen (secondary N) is 2. The van der Waals surface area contributed by atoms with Crippen molar-refractivity contribution in [3.63, 3.8) is 0 Å². The number of carboxylic acids is 1. The molecule has 0 radical (unpaired) electrons. The molecule has 3 N–H and O–H groups in total. The topological polar surface area (TPSA) is 127 Å². The summed E-state index contributed by atoms with van der Waals surface area (Å²) in [5.74, 6) is 0.143. The predicted octanol–water partition coefficient (Wildman–Crippen LogP) is 8.33. The van der Waals surface area contributed by atoms with Gasteiger partial charge in [-0.25, -0.2) is 9.78 Å². The van der Waals surface area contributed by atoms with E-state index in [-0.39, 0.29) is 41.6 Å². The van der Waals surface area contributed by atoms with Crippen LogP contribution in [-0.2, 0) is 11.2 Å². The molecule has 2 amide bonds. The molecule has 11 heteroatoms. The SMILES string of the molecule is O=C(Cc1ccc(Oc2ccc3cc(OC4CCC(NC(=O)c5ccc(Cl)c(Cl)c5)CC4)ccc3c2)nc1)Nc1ccccc1C(=O)O. The number of amides is 2. The summed E-state index contributed by atoms with van der Waals surface area (Å²) in [7, 11) is 0. The van der Waals surface area contributed by atoms with Crippen molar-refractivity contribution in [3.05, 3.63) is 124 Å². The van der Waals surface area contributed by atoms with Crippen molar-refractivity contribution in [2.75, 3.05) is 5.32 Å². The molecule has 1 aliphatic carbocycles. The fourth-order valence-corrected chi connectivity index (χ4v) is 5.92. The fourth-order valence-electron chi connectivity index (χ4n) is 5.62. The van der Waals surface area contributed by atoms with Crippen LogP contribution >= 0.6 is 23.2 Å². The number of rotatable bonds is 10. The monoisotopic (exact) mass is 683 g/mol. The summed E-state index contributed by atoms with van der Waals surface area (Å²) in [5, 5.41) is 17.8. The lowest BCUT2D eigenvalue weighted by Crippen LogP contribution is -2.39. The quantitative estimate of drug-likeness (QED) is 0.135. The van der Waals surface area contributed by atoms with Crippen molar-refractivity contribution in [1.82, 2.24) is 10.3 Å². The van der Waals surface area contributed by atoms with E-state index < -0.39 is 5.97 Å². The smallest absolute Gasteiger partial charge is 0.337 e. The van der Waals surface area contributed by atoms with Gasteiger partial charge in [0, 0.05) is 23.9 Å². The maximum atomic E-state index is 12.6. The largest absolute Gasteiger partial charge is 0.490 e. The van der Waals surface area contributed by atoms with E-state index in [4.69, 9.17) is 32.7 Å². The van der Waals surface area contributed by atoms with Crippen molar-refractivity contribution in [2.24, 2.45) is 0 Å². The average Bonchev–Trinajstić information content (AvgIpc) is 3.08. The minimum atomic E-state index is -1.11. The number of carbonyl (C=O) groups excluding carboxylic acids is 2. The highest BCUT2D eigenvalue weighted by molar-refractivity contribution is 6.42. The molecule has 5 aromatic rings. The third-order valence-electron chi connectivity index (χ3n) is 8.09. The summed E-state index contributed by atoms with van der Waals surface area (Å²) in [6.07, 6.45) is 4.92. The van der Waals surface area contributed by atoms with Gasteiger partial charge in [0.05, 0.1) is 33.8 Å². The second kappa shape index (κ2) is 14.8. The van der Waals surface area contributed by atoms with E-state index in [2.05, 4.69) is 15.6 Å². The predicted molar refractivity (Wildman–Crippen MR) is 185 cm³/mol. The Morgan fingerprint density at radius 2 is 1.54 bits per heavy atom. The van der Waals surface area contributed by atoms with Crippen LogP contribution < -0.4 is 20.1 Å². The molecule has 244 valence electrons. The van der Waals surface area contributed by atoms with Crippen molar-refractivity contribution in [2.45, 2.75) is 44.2 Å². The standard InChI is InChI=1S/C37H31Cl2N3O6/c38-31-15-8-25(20-32(31)39)36(44)41-26-9-13-27(14-10-26)47-28-11-6-24-19-29(12-7-23(24)18-28)48-35-16-5-22(21-40-35)17-34(43)42-33-4-2-1-3-30(33)37(45)46/h1-8,11-12,15-16,18-21,26-27H,9-10,13-14,17H2,(H,41,44)(H,42,43)(H,45,46). The van der Waals surface area contributed by atoms with Crippen LogP contribution in [-0.4, -0.2) is 40.0 Å². The molecule has 4 aromatic carbocycles. The Labute approximate surface area is 286 Å². The van der Waals surface area contributed by atoms with Gasteiger partial charge in [0.2, 0.25) is 11.8 Å². The molecule has 0 unspecified atom stereocenters. The van der Waals surface area contributed by atoms with Gasteiger partial charge >= 0.3 is 5.97 Å². The molecular weight excluding hydrogens is 653 g/mol. The molecule has 1 heterocycles. The second-order valence-corrected chi connectivity index (χ2v) is 12.4. The van der Waals surface area contributed by atoms with Gasteiger partial charge in [-0.1, -0.05) is 53.5 Å². The number of carboxylic acid groups (broad SMARTS) is 1. The molecule has 0 aliphatic heterocycles. The summed E-state index contributed by atoms with van der Waals surface area (Å²) in [5.41, 5.74) is 1.41. The lowest BCUT2D eigenvalue weighted by molar-refractivity contribution is -0.115. The Kier molecular flexibility index (Phi) is 10.1. The van der Waals surface area contributed by atoms with Gasteiger partial charge in [-0.3, -0.25) is 9.59 Å². The number of pyridine rings is 1. The highest BCUT2D eigenvalue weighted by Crippen LogP contribution is 2.30. The first kappa shape index (κ1) is 32.8. The van der Waals surface area contributed by atoms with E-state index in [9.17, 15) is 19.5 Å². The molecule has 0 atom stereocenters. The summed E-state index contributed by atoms with van der Waals surface area (Å²) in [6, 6.07) is 26.3. The maximum absolute atomic E-state index is 12.6. The van der Waals surface area contributed by atoms with Crippen molar-refractivity contribution in [3.8, 4) is 17.4 Å². The fraction of sp³-hybridized carbons (Fsp3) is 0.189. The molecule has 1 saturated carbocycles. The number of hydrogen-bond acceptors (Lipinski definition) is 6. The zero-order valence-corrected chi connectivity index (χ0v) is 27.1. The molecule has 1 fully saturated rings. The molecular formula is C37H31Cl2N3O6. The van der Waals surface area contributed by atoms with Gasteiger partial charge in [0.1, 0.15) is 11.5 Å². The third-order valence-corrected chi connectivity index (χ3v) is 8.83. The molecule has 1 aliphatic rings. The lowest BCUT2D eigenvalue weighted by Gasteiger charge is -2.29. The molecule has 0 spiro atoms. The van der Waals surface area contributed by atoms with Gasteiger partial charge < -0.3 is 25.2 Å². The Bertz CT molecular complexity index is 1980. The van der Waals surface area contributed by atoms with Crippen LogP contribution in [0.1, 0.15) is 52.0 Å². The first-order chi connectivity index (χ1) is 23.2. The summed E-state index contributed by atoms with van der Waals surface area (Å²) in [6.45, 7) is 0. The zero-order valence-electron chi connectivity index (χ0n) is 25.6. The van der Waals surface area contributed by atoms with E-state index in [1.165, 1.54) is 6.07 Å². The van der Waals surface area contributed by atoms with Gasteiger partial charge in [-0.15, -0.1) is 0 Å². The Balaban J connectivity index is 0.989. The van der Waals surface area contributed by atoms with Gasteiger partial charge in [-0.2, -0.15) is 0 Å². The number of halogens is 2. The Morgan fingerprint density at radius 3 is 2.25 bits per heavy atom. The van der Waals surface area contributed by atoms with Crippen LogP contribution in [0.2, 0.25) is 10.0 Å². The van der Waals surface area contributed by atoms with Crippen molar-refractivity contribution >= 4 is 57.4 Å². The van der Waals surface area contributed by atoms with Crippen LogP contribution in [0.4, 0.5) is 5.69 Å². The lowest BCUT2D eigenvalue weighted by atomic mass is 9.92. The van der Waals surface area contributed by atoms with Crippen LogP contribution in [0.15, 0.2) is 97.2 Å². The maximum Gasteiger partial charge on any atom is 0.337 e. The number of carbonyl (C=O) groups is 3. The molecule has 1 aromatic heterocycles. The van der Waals surface area contributed by atoms with Gasteiger partial charge in [-0.05, 0) is 96.6 Å². The average molecular weight is 685 g/mol. The summed E-state index contributed by atoms with van der Waals surface area (Å²) in [4.78, 5) is 40.9. The number of nitrogens with zero attached hydrogens (tertiary/aromatic N) is 1. The number of benzene rings is 4. The minimum absolute atomic E-state index is 0.0240. The number of fused-ring (bicyclic) bond motifs is 1. The van der Waals surface area contributed by atoms with Crippen LogP contribution in [0.5, 0.6) is 17.4 Å². The van der Waals surface area contributed by atoms with E-state index in [0.717, 1.165) is 42.2 Å². The Hall–Kier alpha value is -5.12. The number of para-hydroxylation sites is 1. The van der Waals surface area contributed by atoms with Crippen LogP contribution in [0, 0.1) is 0 Å². The van der Waals surface area contributed by atoms with Gasteiger partial charge in [0.15, 0.2) is 0 Å². The number of aromatic carboxylic acids is 1. The van der Waals surface area contributed by atoms with E-state index in [1.54, 1.807) is 54.7 Å². The van der Waals surface area contributed by atoms with E-state index in [1.807, 2.05) is 36.4 Å². The number of aromatic nitrogens is 1. The number of anilines is 1. The summed E-state index contributed by atoms with van der Waals surface area (Å²) < 4.78 is 12.3. The molecule has 0 saturated heterocycles. The van der Waals surface area contributed by atoms with Crippen LogP contribution in [0.3, 0.4) is 0 Å². The molecule has 48 heavy (non-hydrogen) atoms. The second-order valence-electron chi connectivity index (χ2n) is 11.5. The molecule has 9 nitrogen and oxygen atoms in total. The first-order valence-corrected chi connectivity index (χ1v) is 16.2. The number of ether oxygens (including phenoxy) is 2. The number of hydrogen-bond donors (Lipinski definition) is 3. The van der Waals surface area contributed by atoms with E-state index in [0.29, 0.717) is 32.8 Å².